The molecule has 0 heterocycles. The zero-order valence-corrected chi connectivity index (χ0v) is 11.6. The summed E-state index contributed by atoms with van der Waals surface area (Å²) in [6, 6.07) is 13.0. The number of rotatable bonds is 4. The Hall–Kier alpha value is -2.49. The van der Waals surface area contributed by atoms with Crippen molar-refractivity contribution >= 4 is 17.3 Å². The normalized spacial score (nSPS) is 10.1. The van der Waals surface area contributed by atoms with E-state index in [4.69, 9.17) is 10.5 Å². The third-order valence-electron chi connectivity index (χ3n) is 3.00. The van der Waals surface area contributed by atoms with Crippen LogP contribution in [-0.2, 0) is 11.2 Å². The summed E-state index contributed by atoms with van der Waals surface area (Å²) in [6.45, 7) is 1.96. The van der Waals surface area contributed by atoms with Crippen LogP contribution >= 0.6 is 0 Å². The van der Waals surface area contributed by atoms with Crippen molar-refractivity contribution in [1.29, 1.82) is 0 Å². The molecule has 0 saturated carbocycles. The highest BCUT2D eigenvalue weighted by atomic mass is 16.5. The average Bonchev–Trinajstić information content (AvgIpc) is 2.43. The van der Waals surface area contributed by atoms with Crippen LogP contribution in [0.2, 0.25) is 0 Å². The second-order valence-electron chi connectivity index (χ2n) is 4.66. The van der Waals surface area contributed by atoms with Gasteiger partial charge in [-0.3, -0.25) is 4.79 Å². The lowest BCUT2D eigenvalue weighted by atomic mass is 10.1. The Kier molecular flexibility index (Phi) is 4.25. The molecule has 0 aliphatic rings. The van der Waals surface area contributed by atoms with Gasteiger partial charge in [0.15, 0.2) is 0 Å². The summed E-state index contributed by atoms with van der Waals surface area (Å²) < 4.78 is 5.08. The second-order valence-corrected chi connectivity index (χ2v) is 4.66. The lowest BCUT2D eigenvalue weighted by Crippen LogP contribution is -2.15. The van der Waals surface area contributed by atoms with Gasteiger partial charge in [0.1, 0.15) is 5.75 Å². The van der Waals surface area contributed by atoms with Crippen molar-refractivity contribution in [3.63, 3.8) is 0 Å². The van der Waals surface area contributed by atoms with Gasteiger partial charge >= 0.3 is 0 Å². The van der Waals surface area contributed by atoms with Gasteiger partial charge in [-0.25, -0.2) is 0 Å². The number of methoxy groups -OCH3 is 1. The second kappa shape index (κ2) is 6.10. The molecule has 0 radical (unpaired) electrons. The Morgan fingerprint density at radius 2 is 1.90 bits per heavy atom. The molecule has 0 aliphatic heterocycles. The molecule has 0 bridgehead atoms. The predicted octanol–water partition coefficient (Wildman–Crippen LogP) is 2.77. The number of anilines is 2. The Balaban J connectivity index is 2.01. The number of nitrogens with two attached hydrogens (primary N) is 1. The third-order valence-corrected chi connectivity index (χ3v) is 3.00. The highest BCUT2D eigenvalue weighted by Gasteiger charge is 2.06. The molecule has 2 rings (SSSR count). The van der Waals surface area contributed by atoms with Crippen LogP contribution in [0.3, 0.4) is 0 Å². The van der Waals surface area contributed by atoms with Gasteiger partial charge in [0, 0.05) is 0 Å². The minimum Gasteiger partial charge on any atom is -0.497 e. The topological polar surface area (TPSA) is 64.3 Å². The molecular weight excluding hydrogens is 252 g/mol. The van der Waals surface area contributed by atoms with E-state index in [0.717, 1.165) is 16.9 Å². The van der Waals surface area contributed by atoms with Crippen LogP contribution in [0.4, 0.5) is 11.4 Å². The zero-order valence-electron chi connectivity index (χ0n) is 11.6. The molecule has 3 N–H and O–H groups in total. The number of carbonyl (C=O) groups excluding carboxylic acids is 1. The van der Waals surface area contributed by atoms with Crippen LogP contribution < -0.4 is 15.8 Å². The molecule has 20 heavy (non-hydrogen) atoms. The number of hydrogen-bond acceptors (Lipinski definition) is 3. The van der Waals surface area contributed by atoms with Crippen molar-refractivity contribution in [3.8, 4) is 5.75 Å². The summed E-state index contributed by atoms with van der Waals surface area (Å²) in [4.78, 5) is 12.0. The van der Waals surface area contributed by atoms with E-state index in [1.54, 1.807) is 7.11 Å². The first-order valence-corrected chi connectivity index (χ1v) is 6.37. The summed E-state index contributed by atoms with van der Waals surface area (Å²) >= 11 is 0. The first-order chi connectivity index (χ1) is 9.58. The number of nitrogens with one attached hydrogen (secondary N) is 1. The monoisotopic (exact) mass is 270 g/mol. The van der Waals surface area contributed by atoms with E-state index in [-0.39, 0.29) is 5.91 Å². The van der Waals surface area contributed by atoms with E-state index >= 15 is 0 Å². The summed E-state index contributed by atoms with van der Waals surface area (Å²) in [6.07, 6.45) is 0.303. The summed E-state index contributed by atoms with van der Waals surface area (Å²) in [5.74, 6) is 0.683. The standard InChI is InChI=1S/C16H18N2O2/c1-11-3-8-15(14(17)9-11)18-16(19)10-12-4-6-13(20-2)7-5-12/h3-9H,10,17H2,1-2H3,(H,18,19). The minimum absolute atomic E-state index is 0.0919. The number of ether oxygens (including phenoxy) is 1. The van der Waals surface area contributed by atoms with Crippen molar-refractivity contribution < 1.29 is 9.53 Å². The molecule has 0 unspecified atom stereocenters. The molecule has 0 spiro atoms. The summed E-state index contributed by atoms with van der Waals surface area (Å²) in [5.41, 5.74) is 9.08. The van der Waals surface area contributed by atoms with Crippen LogP contribution in [-0.4, -0.2) is 13.0 Å². The van der Waals surface area contributed by atoms with Crippen molar-refractivity contribution in [2.24, 2.45) is 0 Å². The van der Waals surface area contributed by atoms with Gasteiger partial charge in [-0.05, 0) is 42.3 Å². The fraction of sp³-hybridized carbons (Fsp3) is 0.188. The van der Waals surface area contributed by atoms with E-state index in [9.17, 15) is 4.79 Å². The van der Waals surface area contributed by atoms with Crippen molar-refractivity contribution in [1.82, 2.24) is 0 Å². The smallest absolute Gasteiger partial charge is 0.228 e. The molecule has 0 atom stereocenters. The number of hydrogen-bond donors (Lipinski definition) is 2. The Bertz CT molecular complexity index is 606. The number of amides is 1. The molecule has 0 aromatic heterocycles. The van der Waals surface area contributed by atoms with Crippen LogP contribution in [0.1, 0.15) is 11.1 Å². The van der Waals surface area contributed by atoms with Gasteiger partial charge in [0.05, 0.1) is 24.9 Å². The largest absolute Gasteiger partial charge is 0.497 e. The molecule has 1 amide bonds. The maximum atomic E-state index is 12.0. The van der Waals surface area contributed by atoms with Crippen LogP contribution in [0.25, 0.3) is 0 Å². The fourth-order valence-corrected chi connectivity index (χ4v) is 1.92. The fourth-order valence-electron chi connectivity index (χ4n) is 1.92. The molecule has 0 fully saturated rings. The van der Waals surface area contributed by atoms with Gasteiger partial charge in [-0.1, -0.05) is 18.2 Å². The van der Waals surface area contributed by atoms with Crippen molar-refractivity contribution in [3.05, 3.63) is 53.6 Å². The number of carbonyl (C=O) groups is 1. The summed E-state index contributed by atoms with van der Waals surface area (Å²) in [5, 5.41) is 2.82. The van der Waals surface area contributed by atoms with Gasteiger partial charge in [-0.2, -0.15) is 0 Å². The maximum absolute atomic E-state index is 12.0. The Morgan fingerprint density at radius 3 is 2.50 bits per heavy atom. The molecule has 0 saturated heterocycles. The van der Waals surface area contributed by atoms with Crippen LogP contribution in [0, 0.1) is 6.92 Å². The van der Waals surface area contributed by atoms with E-state index < -0.39 is 0 Å². The van der Waals surface area contributed by atoms with Gasteiger partial charge in [0.25, 0.3) is 0 Å². The van der Waals surface area contributed by atoms with Gasteiger partial charge in [-0.15, -0.1) is 0 Å². The third kappa shape index (κ3) is 3.51. The summed E-state index contributed by atoms with van der Waals surface area (Å²) in [7, 11) is 1.61. The molecule has 4 heteroatoms. The van der Waals surface area contributed by atoms with Crippen LogP contribution in [0.5, 0.6) is 5.75 Å². The molecule has 2 aromatic rings. The van der Waals surface area contributed by atoms with Crippen molar-refractivity contribution in [2.75, 3.05) is 18.2 Å². The van der Waals surface area contributed by atoms with Crippen LogP contribution in [0.15, 0.2) is 42.5 Å². The molecular formula is C16H18N2O2. The first kappa shape index (κ1) is 13.9. The highest BCUT2D eigenvalue weighted by molar-refractivity contribution is 5.95. The number of aryl methyl sites for hydroxylation is 1. The molecule has 4 nitrogen and oxygen atoms in total. The average molecular weight is 270 g/mol. The molecule has 2 aromatic carbocycles. The van der Waals surface area contributed by atoms with E-state index in [1.165, 1.54) is 0 Å². The highest BCUT2D eigenvalue weighted by Crippen LogP contribution is 2.20. The Morgan fingerprint density at radius 1 is 1.20 bits per heavy atom. The maximum Gasteiger partial charge on any atom is 0.228 e. The van der Waals surface area contributed by atoms with E-state index in [1.807, 2.05) is 49.4 Å². The predicted molar refractivity (Wildman–Crippen MR) is 80.9 cm³/mol. The quantitative estimate of drug-likeness (QED) is 0.840. The lowest BCUT2D eigenvalue weighted by molar-refractivity contribution is -0.115. The lowest BCUT2D eigenvalue weighted by Gasteiger charge is -2.09. The molecule has 0 aliphatic carbocycles. The van der Waals surface area contributed by atoms with E-state index in [0.29, 0.717) is 17.8 Å². The van der Waals surface area contributed by atoms with Crippen molar-refractivity contribution in [2.45, 2.75) is 13.3 Å². The zero-order chi connectivity index (χ0) is 14.5. The number of benzene rings is 2. The van der Waals surface area contributed by atoms with Gasteiger partial charge < -0.3 is 15.8 Å². The van der Waals surface area contributed by atoms with Gasteiger partial charge in [0.2, 0.25) is 5.91 Å². The van der Waals surface area contributed by atoms with E-state index in [2.05, 4.69) is 5.32 Å². The minimum atomic E-state index is -0.0919. The number of nitrogen functional groups attached to an aromatic ring is 1. The Labute approximate surface area is 118 Å². The SMILES string of the molecule is COc1ccc(CC(=O)Nc2ccc(C)cc2N)cc1. The first-order valence-electron chi connectivity index (χ1n) is 6.37. The molecule has 104 valence electrons.